The van der Waals surface area contributed by atoms with Gasteiger partial charge in [-0.1, -0.05) is 12.5 Å². The van der Waals surface area contributed by atoms with Crippen molar-refractivity contribution in [2.24, 2.45) is 11.8 Å². The van der Waals surface area contributed by atoms with E-state index in [0.29, 0.717) is 23.9 Å². The summed E-state index contributed by atoms with van der Waals surface area (Å²) in [7, 11) is -1.93. The summed E-state index contributed by atoms with van der Waals surface area (Å²) in [6, 6.07) is 3.95. The van der Waals surface area contributed by atoms with Crippen molar-refractivity contribution < 1.29 is 12.8 Å². The van der Waals surface area contributed by atoms with Gasteiger partial charge in [-0.3, -0.25) is 0 Å². The Bertz CT molecular complexity index is 633. The van der Waals surface area contributed by atoms with Gasteiger partial charge >= 0.3 is 0 Å². The van der Waals surface area contributed by atoms with E-state index in [2.05, 4.69) is 10.0 Å². The van der Waals surface area contributed by atoms with Gasteiger partial charge in [-0.05, 0) is 55.8 Å². The third-order valence-electron chi connectivity index (χ3n) is 4.73. The summed E-state index contributed by atoms with van der Waals surface area (Å²) in [5.41, 5.74) is 0.592. The van der Waals surface area contributed by atoms with Crippen LogP contribution < -0.4 is 10.0 Å². The van der Waals surface area contributed by atoms with Gasteiger partial charge in [-0.25, -0.2) is 17.5 Å². The second kappa shape index (κ2) is 5.66. The van der Waals surface area contributed by atoms with E-state index in [1.165, 1.54) is 18.6 Å². The van der Waals surface area contributed by atoms with Gasteiger partial charge in [0.25, 0.3) is 0 Å². The minimum Gasteiger partial charge on any atom is -0.316 e. The van der Waals surface area contributed by atoms with Gasteiger partial charge < -0.3 is 5.32 Å². The molecule has 2 bridgehead atoms. The van der Waals surface area contributed by atoms with Crippen LogP contribution in [0.3, 0.4) is 0 Å². The molecule has 116 valence electrons. The lowest BCUT2D eigenvalue weighted by Crippen LogP contribution is -2.39. The van der Waals surface area contributed by atoms with Crippen molar-refractivity contribution in [3.8, 4) is 0 Å². The molecule has 2 aliphatic carbocycles. The molecule has 6 heteroatoms. The molecule has 3 atom stereocenters. The summed E-state index contributed by atoms with van der Waals surface area (Å²) in [5, 5.41) is 2.92. The zero-order chi connectivity index (χ0) is 15.0. The molecule has 0 aromatic heterocycles. The highest BCUT2D eigenvalue weighted by Gasteiger charge is 2.41. The molecule has 0 saturated heterocycles. The fraction of sp³-hybridized carbons (Fsp3) is 0.600. The number of halogens is 1. The van der Waals surface area contributed by atoms with E-state index < -0.39 is 15.8 Å². The van der Waals surface area contributed by atoms with Crippen LogP contribution in [-0.2, 0) is 16.6 Å². The Morgan fingerprint density at radius 2 is 2.10 bits per heavy atom. The SMILES string of the molecule is CNCc1ccc(F)cc1S(=O)(=O)NC1CC2CCC1C2. The molecule has 0 spiro atoms. The number of fused-ring (bicyclic) bond motifs is 2. The fourth-order valence-electron chi connectivity index (χ4n) is 3.77. The van der Waals surface area contributed by atoms with Crippen molar-refractivity contribution in [2.75, 3.05) is 7.05 Å². The molecule has 2 fully saturated rings. The first-order chi connectivity index (χ1) is 9.99. The van der Waals surface area contributed by atoms with Crippen LogP contribution in [0.5, 0.6) is 0 Å². The van der Waals surface area contributed by atoms with Crippen molar-refractivity contribution >= 4 is 10.0 Å². The van der Waals surface area contributed by atoms with Crippen LogP contribution in [0.15, 0.2) is 23.1 Å². The number of benzene rings is 1. The Balaban J connectivity index is 1.86. The molecule has 0 heterocycles. The maximum atomic E-state index is 13.5. The second-order valence-electron chi connectivity index (χ2n) is 6.19. The van der Waals surface area contributed by atoms with Crippen LogP contribution in [0, 0.1) is 17.7 Å². The average molecular weight is 312 g/mol. The van der Waals surface area contributed by atoms with Crippen molar-refractivity contribution in [1.29, 1.82) is 0 Å². The van der Waals surface area contributed by atoms with Crippen LogP contribution >= 0.6 is 0 Å². The summed E-state index contributed by atoms with van der Waals surface area (Å²) >= 11 is 0. The third-order valence-corrected chi connectivity index (χ3v) is 6.30. The first-order valence-electron chi connectivity index (χ1n) is 7.45. The van der Waals surface area contributed by atoms with Crippen molar-refractivity contribution in [1.82, 2.24) is 10.0 Å². The van der Waals surface area contributed by atoms with Crippen molar-refractivity contribution in [3.63, 3.8) is 0 Å². The second-order valence-corrected chi connectivity index (χ2v) is 7.87. The zero-order valence-corrected chi connectivity index (χ0v) is 12.9. The molecule has 1 aromatic carbocycles. The highest BCUT2D eigenvalue weighted by Crippen LogP contribution is 2.44. The third kappa shape index (κ3) is 2.98. The predicted octanol–water partition coefficient (Wildman–Crippen LogP) is 2.01. The monoisotopic (exact) mass is 312 g/mol. The summed E-state index contributed by atoms with van der Waals surface area (Å²) in [6.45, 7) is 0.396. The quantitative estimate of drug-likeness (QED) is 0.874. The predicted molar refractivity (Wildman–Crippen MR) is 78.7 cm³/mol. The summed E-state index contributed by atoms with van der Waals surface area (Å²) in [5.74, 6) is 0.584. The lowest BCUT2D eigenvalue weighted by atomic mass is 9.96. The molecule has 3 unspecified atom stereocenters. The summed E-state index contributed by atoms with van der Waals surface area (Å²) in [6.07, 6.45) is 4.36. The standard InChI is InChI=1S/C15H21FN2O2S/c1-17-9-12-4-5-13(16)8-15(12)21(19,20)18-14-7-10-2-3-11(14)6-10/h4-5,8,10-11,14,17-18H,2-3,6-7,9H2,1H3. The number of nitrogens with one attached hydrogen (secondary N) is 2. The molecular formula is C15H21FN2O2S. The van der Waals surface area contributed by atoms with E-state index in [4.69, 9.17) is 0 Å². The van der Waals surface area contributed by atoms with E-state index in [0.717, 1.165) is 25.3 Å². The fourth-order valence-corrected chi connectivity index (χ4v) is 5.33. The topological polar surface area (TPSA) is 58.2 Å². The number of hydrogen-bond acceptors (Lipinski definition) is 3. The highest BCUT2D eigenvalue weighted by molar-refractivity contribution is 7.89. The van der Waals surface area contributed by atoms with E-state index >= 15 is 0 Å². The lowest BCUT2D eigenvalue weighted by molar-refractivity contribution is 0.390. The minimum absolute atomic E-state index is 0.0134. The van der Waals surface area contributed by atoms with Crippen molar-refractivity contribution in [3.05, 3.63) is 29.6 Å². The minimum atomic E-state index is -3.67. The molecule has 2 N–H and O–H groups in total. The lowest BCUT2D eigenvalue weighted by Gasteiger charge is -2.23. The molecule has 1 aromatic rings. The number of sulfonamides is 1. The molecule has 0 aliphatic heterocycles. The molecular weight excluding hydrogens is 291 g/mol. The summed E-state index contributed by atoms with van der Waals surface area (Å²) in [4.78, 5) is 0.0552. The largest absolute Gasteiger partial charge is 0.316 e. The van der Waals surface area contributed by atoms with Crippen LogP contribution in [0.25, 0.3) is 0 Å². The smallest absolute Gasteiger partial charge is 0.241 e. The van der Waals surface area contributed by atoms with E-state index in [9.17, 15) is 12.8 Å². The van der Waals surface area contributed by atoms with E-state index in [-0.39, 0.29) is 10.9 Å². The van der Waals surface area contributed by atoms with Gasteiger partial charge in [0.2, 0.25) is 10.0 Å². The molecule has 4 nitrogen and oxygen atoms in total. The molecule has 3 rings (SSSR count). The zero-order valence-electron chi connectivity index (χ0n) is 12.1. The van der Waals surface area contributed by atoms with Crippen LogP contribution in [0.1, 0.15) is 31.2 Å². The van der Waals surface area contributed by atoms with Crippen LogP contribution in [0.2, 0.25) is 0 Å². The number of rotatable bonds is 5. The highest BCUT2D eigenvalue weighted by atomic mass is 32.2. The Labute approximate surface area is 125 Å². The van der Waals surface area contributed by atoms with Gasteiger partial charge in [0.1, 0.15) is 5.82 Å². The van der Waals surface area contributed by atoms with Crippen molar-refractivity contribution in [2.45, 2.75) is 43.2 Å². The molecule has 0 amide bonds. The molecule has 2 aliphatic rings. The molecule has 21 heavy (non-hydrogen) atoms. The van der Waals surface area contributed by atoms with Gasteiger partial charge in [-0.2, -0.15) is 0 Å². The van der Waals surface area contributed by atoms with E-state index in [1.807, 2.05) is 0 Å². The molecule has 2 saturated carbocycles. The maximum absolute atomic E-state index is 13.5. The van der Waals surface area contributed by atoms with Gasteiger partial charge in [-0.15, -0.1) is 0 Å². The van der Waals surface area contributed by atoms with Gasteiger partial charge in [0, 0.05) is 12.6 Å². The Morgan fingerprint density at radius 1 is 1.29 bits per heavy atom. The van der Waals surface area contributed by atoms with Crippen LogP contribution in [0.4, 0.5) is 4.39 Å². The number of hydrogen-bond donors (Lipinski definition) is 2. The molecule has 0 radical (unpaired) electrons. The Kier molecular flexibility index (Phi) is 4.03. The normalized spacial score (nSPS) is 28.2. The van der Waals surface area contributed by atoms with Crippen LogP contribution in [-0.4, -0.2) is 21.5 Å². The Hall–Kier alpha value is -0.980. The first kappa shape index (κ1) is 14.9. The summed E-state index contributed by atoms with van der Waals surface area (Å²) < 4.78 is 41.5. The van der Waals surface area contributed by atoms with Gasteiger partial charge in [0.05, 0.1) is 4.90 Å². The van der Waals surface area contributed by atoms with E-state index in [1.54, 1.807) is 7.05 Å². The maximum Gasteiger partial charge on any atom is 0.241 e. The Morgan fingerprint density at radius 3 is 2.71 bits per heavy atom. The average Bonchev–Trinajstić information content (AvgIpc) is 3.03. The van der Waals surface area contributed by atoms with Gasteiger partial charge in [0.15, 0.2) is 0 Å². The first-order valence-corrected chi connectivity index (χ1v) is 8.93.